The molecule has 2 rings (SSSR count). The Morgan fingerprint density at radius 2 is 2.06 bits per heavy atom. The molecule has 3 atom stereocenters. The van der Waals surface area contributed by atoms with Gasteiger partial charge >= 0.3 is 0 Å². The van der Waals surface area contributed by atoms with Gasteiger partial charge in [0.25, 0.3) is 0 Å². The fourth-order valence-electron chi connectivity index (χ4n) is 2.79. The first-order chi connectivity index (χ1) is 7.57. The van der Waals surface area contributed by atoms with E-state index < -0.39 is 0 Å². The standard InChI is InChI=1S/C14H21NO/c1-11-8-13(15)10-14(2,16-11)9-12-6-4-3-5-7-12/h3-7,11,13H,8-10,15H2,1-2H3. The van der Waals surface area contributed by atoms with Crippen LogP contribution in [-0.2, 0) is 11.2 Å². The van der Waals surface area contributed by atoms with E-state index >= 15 is 0 Å². The summed E-state index contributed by atoms with van der Waals surface area (Å²) in [6, 6.07) is 10.8. The normalized spacial score (nSPS) is 34.9. The third-order valence-corrected chi connectivity index (χ3v) is 3.24. The van der Waals surface area contributed by atoms with E-state index in [1.54, 1.807) is 0 Å². The molecule has 1 aromatic rings. The van der Waals surface area contributed by atoms with E-state index in [9.17, 15) is 0 Å². The second-order valence-corrected chi connectivity index (χ2v) is 5.24. The third kappa shape index (κ3) is 2.83. The second kappa shape index (κ2) is 4.56. The molecule has 2 N–H and O–H groups in total. The summed E-state index contributed by atoms with van der Waals surface area (Å²) >= 11 is 0. The summed E-state index contributed by atoms with van der Waals surface area (Å²) < 4.78 is 6.07. The van der Waals surface area contributed by atoms with Gasteiger partial charge in [-0.05, 0) is 32.3 Å². The Morgan fingerprint density at radius 1 is 1.38 bits per heavy atom. The molecule has 3 unspecified atom stereocenters. The van der Waals surface area contributed by atoms with Crippen molar-refractivity contribution in [2.24, 2.45) is 5.73 Å². The van der Waals surface area contributed by atoms with Crippen LogP contribution in [0.4, 0.5) is 0 Å². The lowest BCUT2D eigenvalue weighted by Gasteiger charge is -2.40. The van der Waals surface area contributed by atoms with Crippen molar-refractivity contribution in [3.8, 4) is 0 Å². The number of hydrogen-bond acceptors (Lipinski definition) is 2. The van der Waals surface area contributed by atoms with Crippen LogP contribution >= 0.6 is 0 Å². The van der Waals surface area contributed by atoms with E-state index in [4.69, 9.17) is 10.5 Å². The van der Waals surface area contributed by atoms with Gasteiger partial charge < -0.3 is 10.5 Å². The third-order valence-electron chi connectivity index (χ3n) is 3.24. The fourth-order valence-corrected chi connectivity index (χ4v) is 2.79. The van der Waals surface area contributed by atoms with Gasteiger partial charge in [-0.2, -0.15) is 0 Å². The Bertz CT molecular complexity index is 326. The molecule has 0 spiro atoms. The number of ether oxygens (including phenoxy) is 1. The van der Waals surface area contributed by atoms with Crippen LogP contribution in [0.5, 0.6) is 0 Å². The van der Waals surface area contributed by atoms with E-state index in [2.05, 4.69) is 38.1 Å². The zero-order valence-electron chi connectivity index (χ0n) is 10.1. The first kappa shape index (κ1) is 11.6. The maximum atomic E-state index is 6.07. The van der Waals surface area contributed by atoms with Crippen molar-refractivity contribution in [2.45, 2.75) is 50.9 Å². The highest BCUT2D eigenvalue weighted by Gasteiger charge is 2.35. The number of nitrogens with two attached hydrogens (primary N) is 1. The molecule has 0 radical (unpaired) electrons. The predicted molar refractivity (Wildman–Crippen MR) is 66.3 cm³/mol. The van der Waals surface area contributed by atoms with Crippen LogP contribution in [0.1, 0.15) is 32.3 Å². The van der Waals surface area contributed by atoms with E-state index in [1.807, 2.05) is 6.07 Å². The molecule has 1 aliphatic heterocycles. The van der Waals surface area contributed by atoms with Gasteiger partial charge in [-0.25, -0.2) is 0 Å². The highest BCUT2D eigenvalue weighted by atomic mass is 16.5. The molecule has 2 nitrogen and oxygen atoms in total. The second-order valence-electron chi connectivity index (χ2n) is 5.24. The number of benzene rings is 1. The quantitative estimate of drug-likeness (QED) is 0.829. The predicted octanol–water partition coefficient (Wildman–Crippen LogP) is 2.51. The first-order valence-electron chi connectivity index (χ1n) is 6.05. The van der Waals surface area contributed by atoms with Crippen molar-refractivity contribution in [2.75, 3.05) is 0 Å². The van der Waals surface area contributed by atoms with E-state index in [0.29, 0.717) is 0 Å². The van der Waals surface area contributed by atoms with Gasteiger partial charge in [0.1, 0.15) is 0 Å². The summed E-state index contributed by atoms with van der Waals surface area (Å²) in [7, 11) is 0. The van der Waals surface area contributed by atoms with Gasteiger partial charge in [0.2, 0.25) is 0 Å². The summed E-state index contributed by atoms with van der Waals surface area (Å²) in [6.07, 6.45) is 3.15. The molecule has 1 saturated heterocycles. The Labute approximate surface area is 97.8 Å². The molecule has 0 bridgehead atoms. The summed E-state index contributed by atoms with van der Waals surface area (Å²) in [5.41, 5.74) is 7.30. The molecule has 16 heavy (non-hydrogen) atoms. The fraction of sp³-hybridized carbons (Fsp3) is 0.571. The zero-order valence-corrected chi connectivity index (χ0v) is 10.1. The largest absolute Gasteiger partial charge is 0.372 e. The van der Waals surface area contributed by atoms with Gasteiger partial charge in [0.15, 0.2) is 0 Å². The van der Waals surface area contributed by atoms with Crippen molar-refractivity contribution < 1.29 is 4.74 Å². The average molecular weight is 219 g/mol. The van der Waals surface area contributed by atoms with Gasteiger partial charge in [0.05, 0.1) is 11.7 Å². The smallest absolute Gasteiger partial charge is 0.0713 e. The lowest BCUT2D eigenvalue weighted by Crippen LogP contribution is -2.47. The Kier molecular flexibility index (Phi) is 3.31. The van der Waals surface area contributed by atoms with E-state index in [0.717, 1.165) is 19.3 Å². The van der Waals surface area contributed by atoms with Crippen molar-refractivity contribution >= 4 is 0 Å². The van der Waals surface area contributed by atoms with Gasteiger partial charge in [-0.3, -0.25) is 0 Å². The lowest BCUT2D eigenvalue weighted by atomic mass is 9.85. The molecule has 0 saturated carbocycles. The number of hydrogen-bond donors (Lipinski definition) is 1. The Balaban J connectivity index is 2.07. The Hall–Kier alpha value is -0.860. The minimum atomic E-state index is -0.0988. The molecule has 0 aliphatic carbocycles. The summed E-state index contributed by atoms with van der Waals surface area (Å²) in [6.45, 7) is 4.29. The maximum absolute atomic E-state index is 6.07. The minimum Gasteiger partial charge on any atom is -0.372 e. The van der Waals surface area contributed by atoms with Crippen molar-refractivity contribution in [3.63, 3.8) is 0 Å². The monoisotopic (exact) mass is 219 g/mol. The molecule has 1 aromatic carbocycles. The Morgan fingerprint density at radius 3 is 2.69 bits per heavy atom. The van der Waals surface area contributed by atoms with E-state index in [-0.39, 0.29) is 17.7 Å². The summed E-state index contributed by atoms with van der Waals surface area (Å²) in [5.74, 6) is 0. The highest BCUT2D eigenvalue weighted by molar-refractivity contribution is 5.17. The van der Waals surface area contributed by atoms with Crippen LogP contribution in [0, 0.1) is 0 Å². The molecule has 0 amide bonds. The maximum Gasteiger partial charge on any atom is 0.0713 e. The first-order valence-corrected chi connectivity index (χ1v) is 6.05. The lowest BCUT2D eigenvalue weighted by molar-refractivity contribution is -0.115. The average Bonchev–Trinajstić information content (AvgIpc) is 2.15. The summed E-state index contributed by atoms with van der Waals surface area (Å²) in [5, 5.41) is 0. The SMILES string of the molecule is CC1CC(N)CC(C)(Cc2ccccc2)O1. The minimum absolute atomic E-state index is 0.0988. The zero-order chi connectivity index (χ0) is 11.6. The van der Waals surface area contributed by atoms with Crippen molar-refractivity contribution in [1.29, 1.82) is 0 Å². The molecular weight excluding hydrogens is 198 g/mol. The highest BCUT2D eigenvalue weighted by Crippen LogP contribution is 2.30. The molecule has 1 aliphatic rings. The van der Waals surface area contributed by atoms with Gasteiger partial charge in [-0.1, -0.05) is 30.3 Å². The van der Waals surface area contributed by atoms with Crippen LogP contribution < -0.4 is 5.73 Å². The molecule has 0 aromatic heterocycles. The molecular formula is C14H21NO. The van der Waals surface area contributed by atoms with Gasteiger partial charge in [0, 0.05) is 12.5 Å². The molecule has 2 heteroatoms. The number of rotatable bonds is 2. The van der Waals surface area contributed by atoms with Crippen LogP contribution in [0.3, 0.4) is 0 Å². The van der Waals surface area contributed by atoms with Crippen LogP contribution in [-0.4, -0.2) is 17.7 Å². The topological polar surface area (TPSA) is 35.2 Å². The van der Waals surface area contributed by atoms with E-state index in [1.165, 1.54) is 5.56 Å². The van der Waals surface area contributed by atoms with Gasteiger partial charge in [-0.15, -0.1) is 0 Å². The van der Waals surface area contributed by atoms with Crippen LogP contribution in [0.2, 0.25) is 0 Å². The van der Waals surface area contributed by atoms with Crippen LogP contribution in [0.25, 0.3) is 0 Å². The summed E-state index contributed by atoms with van der Waals surface area (Å²) in [4.78, 5) is 0. The van der Waals surface area contributed by atoms with Crippen molar-refractivity contribution in [3.05, 3.63) is 35.9 Å². The molecule has 88 valence electrons. The molecule has 1 fully saturated rings. The van der Waals surface area contributed by atoms with Crippen molar-refractivity contribution in [1.82, 2.24) is 0 Å². The molecule has 1 heterocycles. The van der Waals surface area contributed by atoms with Crippen LogP contribution in [0.15, 0.2) is 30.3 Å².